The molecule has 1 aromatic heterocycles. The first-order chi connectivity index (χ1) is 15.2. The molecule has 0 saturated heterocycles. The number of ketones is 1. The van der Waals surface area contributed by atoms with E-state index in [2.05, 4.69) is 19.4 Å². The van der Waals surface area contributed by atoms with E-state index in [1.807, 2.05) is 13.8 Å². The fraction of sp³-hybridized carbons (Fsp3) is 0.500. The van der Waals surface area contributed by atoms with E-state index >= 15 is 0 Å². The summed E-state index contributed by atoms with van der Waals surface area (Å²) >= 11 is 0. The van der Waals surface area contributed by atoms with Crippen LogP contribution >= 0.6 is 0 Å². The van der Waals surface area contributed by atoms with Gasteiger partial charge in [0.15, 0.2) is 0 Å². The predicted octanol–water partition coefficient (Wildman–Crippen LogP) is 3.03. The Hall–Kier alpha value is -2.53. The summed E-state index contributed by atoms with van der Waals surface area (Å²) in [7, 11) is -7.78. The molecule has 2 N–H and O–H groups in total. The molecule has 0 unspecified atom stereocenters. The summed E-state index contributed by atoms with van der Waals surface area (Å²) < 4.78 is 56.1. The number of carbonyl (C=O) groups is 1. The number of aromatic nitrogens is 2. The minimum absolute atomic E-state index is 0.0234. The number of Topliss-reactive ketones (excluding diaryl/α,β-unsaturated/α-hetero) is 1. The molecule has 2 aliphatic carbocycles. The number of sulfonamides is 2. The Bertz CT molecular complexity index is 1300. The van der Waals surface area contributed by atoms with Gasteiger partial charge in [-0.3, -0.25) is 9.52 Å². The van der Waals surface area contributed by atoms with Crippen molar-refractivity contribution in [1.29, 1.82) is 0 Å². The lowest BCUT2D eigenvalue weighted by Crippen LogP contribution is -2.43. The first-order valence-electron chi connectivity index (χ1n) is 10.7. The number of rotatable bonds is 7. The van der Waals surface area contributed by atoms with Crippen LogP contribution in [0.3, 0.4) is 0 Å². The average molecular weight is 493 g/mol. The predicted molar refractivity (Wildman–Crippen MR) is 125 cm³/mol. The highest BCUT2D eigenvalue weighted by atomic mass is 32.2. The summed E-state index contributed by atoms with van der Waals surface area (Å²) in [6.07, 6.45) is 1.87. The Balaban J connectivity index is 1.50. The maximum Gasteiger partial charge on any atom is 0.264 e. The topological polar surface area (TPSA) is 135 Å². The second kappa shape index (κ2) is 7.76. The lowest BCUT2D eigenvalue weighted by atomic mass is 9.70. The average Bonchev–Trinajstić information content (AvgIpc) is 3.00. The SMILES string of the molecule is Cc1cc(C)nc(NS(=O)(=O)c2ccc(NS(=O)(=O)C[C@@]34CC[C@@H](CC3=O)C4(C)C)cc2)n1. The summed E-state index contributed by atoms with van der Waals surface area (Å²) in [5.41, 5.74) is 0.246. The Morgan fingerprint density at radius 2 is 1.61 bits per heavy atom. The van der Waals surface area contributed by atoms with E-state index in [-0.39, 0.29) is 39.4 Å². The first-order valence-corrected chi connectivity index (χ1v) is 13.9. The van der Waals surface area contributed by atoms with E-state index in [4.69, 9.17) is 0 Å². The fourth-order valence-electron chi connectivity index (χ4n) is 5.30. The number of carbonyl (C=O) groups excluding carboxylic acids is 1. The van der Waals surface area contributed by atoms with Crippen LogP contribution in [0.5, 0.6) is 0 Å². The van der Waals surface area contributed by atoms with Gasteiger partial charge in [0.1, 0.15) is 5.78 Å². The minimum atomic E-state index is -3.95. The van der Waals surface area contributed by atoms with E-state index in [0.29, 0.717) is 24.2 Å². The molecule has 178 valence electrons. The molecule has 2 fully saturated rings. The molecule has 2 aliphatic rings. The molecule has 11 heteroatoms. The number of hydrogen-bond donors (Lipinski definition) is 2. The van der Waals surface area contributed by atoms with E-state index < -0.39 is 25.5 Å². The first kappa shape index (κ1) is 23.6. The van der Waals surface area contributed by atoms with Crippen LogP contribution in [0.15, 0.2) is 35.2 Å². The third kappa shape index (κ3) is 4.23. The van der Waals surface area contributed by atoms with Gasteiger partial charge in [0.05, 0.1) is 16.1 Å². The molecule has 1 heterocycles. The number of aryl methyl sites for hydroxylation is 2. The summed E-state index contributed by atoms with van der Waals surface area (Å²) in [4.78, 5) is 20.8. The highest BCUT2D eigenvalue weighted by Gasteiger charge is 2.65. The van der Waals surface area contributed by atoms with Crippen molar-refractivity contribution in [2.24, 2.45) is 16.7 Å². The van der Waals surface area contributed by atoms with Crippen LogP contribution in [0.2, 0.25) is 0 Å². The van der Waals surface area contributed by atoms with Crippen molar-refractivity contribution in [3.8, 4) is 0 Å². The molecule has 0 spiro atoms. The molecule has 0 amide bonds. The molecule has 33 heavy (non-hydrogen) atoms. The van der Waals surface area contributed by atoms with Gasteiger partial charge in [-0.25, -0.2) is 31.5 Å². The van der Waals surface area contributed by atoms with Crippen LogP contribution in [-0.4, -0.2) is 38.3 Å². The van der Waals surface area contributed by atoms with Gasteiger partial charge in [0, 0.05) is 23.5 Å². The highest BCUT2D eigenvalue weighted by molar-refractivity contribution is 7.93. The number of nitrogens with zero attached hydrogens (tertiary/aromatic N) is 2. The summed E-state index contributed by atoms with van der Waals surface area (Å²) in [6.45, 7) is 7.44. The smallest absolute Gasteiger partial charge is 0.264 e. The molecule has 2 atom stereocenters. The van der Waals surface area contributed by atoms with Crippen LogP contribution in [0.4, 0.5) is 11.6 Å². The molecule has 2 bridgehead atoms. The van der Waals surface area contributed by atoms with Crippen LogP contribution in [0.1, 0.15) is 44.5 Å². The Morgan fingerprint density at radius 1 is 1.00 bits per heavy atom. The number of benzene rings is 1. The van der Waals surface area contributed by atoms with Gasteiger partial charge in [-0.1, -0.05) is 13.8 Å². The van der Waals surface area contributed by atoms with E-state index in [9.17, 15) is 21.6 Å². The van der Waals surface area contributed by atoms with Crippen molar-refractivity contribution >= 4 is 37.5 Å². The number of anilines is 2. The number of nitrogens with one attached hydrogen (secondary N) is 2. The highest BCUT2D eigenvalue weighted by Crippen LogP contribution is 2.64. The lowest BCUT2D eigenvalue weighted by molar-refractivity contribution is -0.128. The molecule has 0 aliphatic heterocycles. The van der Waals surface area contributed by atoms with Crippen molar-refractivity contribution < 1.29 is 21.6 Å². The Kier molecular flexibility index (Phi) is 5.56. The molecule has 9 nitrogen and oxygen atoms in total. The lowest BCUT2D eigenvalue weighted by Gasteiger charge is -2.36. The van der Waals surface area contributed by atoms with Gasteiger partial charge >= 0.3 is 0 Å². The standard InChI is InChI=1S/C22H28N4O5S2/c1-14-11-15(2)24-20(23-14)26-33(30,31)18-7-5-17(6-8-18)25-32(28,29)13-22-10-9-16(12-19(22)27)21(22,3)4/h5-8,11,16,25H,9-10,12-13H2,1-4H3,(H,23,24,26)/t16-,22-/m0/s1. The van der Waals surface area contributed by atoms with Gasteiger partial charge in [-0.2, -0.15) is 0 Å². The van der Waals surface area contributed by atoms with Crippen molar-refractivity contribution in [3.63, 3.8) is 0 Å². The van der Waals surface area contributed by atoms with E-state index in [1.165, 1.54) is 24.3 Å². The quantitative estimate of drug-likeness (QED) is 0.606. The van der Waals surface area contributed by atoms with Crippen LogP contribution in [-0.2, 0) is 24.8 Å². The van der Waals surface area contributed by atoms with Crippen molar-refractivity contribution in [3.05, 3.63) is 41.7 Å². The van der Waals surface area contributed by atoms with Gasteiger partial charge in [0.2, 0.25) is 16.0 Å². The third-order valence-corrected chi connectivity index (χ3v) is 9.99. The monoisotopic (exact) mass is 492 g/mol. The van der Waals surface area contributed by atoms with Crippen molar-refractivity contribution in [2.75, 3.05) is 15.2 Å². The maximum atomic E-state index is 12.9. The van der Waals surface area contributed by atoms with Crippen LogP contribution in [0, 0.1) is 30.6 Å². The summed E-state index contributed by atoms with van der Waals surface area (Å²) in [6, 6.07) is 7.09. The normalized spacial score (nSPS) is 24.1. The van der Waals surface area contributed by atoms with Gasteiger partial charge in [-0.05, 0) is 68.4 Å². The molecule has 1 aromatic carbocycles. The zero-order valence-electron chi connectivity index (χ0n) is 19.0. The van der Waals surface area contributed by atoms with Crippen molar-refractivity contribution in [1.82, 2.24) is 9.97 Å². The largest absolute Gasteiger partial charge is 0.299 e. The summed E-state index contributed by atoms with van der Waals surface area (Å²) in [5.74, 6) is -0.0580. The molecule has 2 saturated carbocycles. The second-order valence-electron chi connectivity index (χ2n) is 9.63. The third-order valence-electron chi connectivity index (χ3n) is 7.22. The van der Waals surface area contributed by atoms with Crippen molar-refractivity contribution in [2.45, 2.75) is 51.9 Å². The molecule has 2 aromatic rings. The maximum absolute atomic E-state index is 12.9. The molecular weight excluding hydrogens is 464 g/mol. The molecule has 4 rings (SSSR count). The minimum Gasteiger partial charge on any atom is -0.299 e. The van der Waals surface area contributed by atoms with E-state index in [0.717, 1.165) is 6.42 Å². The molecule has 0 radical (unpaired) electrons. The zero-order valence-corrected chi connectivity index (χ0v) is 20.7. The number of fused-ring (bicyclic) bond motifs is 2. The molecular formula is C22H28N4O5S2. The van der Waals surface area contributed by atoms with Gasteiger partial charge < -0.3 is 0 Å². The zero-order chi connectivity index (χ0) is 24.2. The van der Waals surface area contributed by atoms with Crippen LogP contribution < -0.4 is 9.44 Å². The van der Waals surface area contributed by atoms with Crippen LogP contribution in [0.25, 0.3) is 0 Å². The Morgan fingerprint density at radius 3 is 2.12 bits per heavy atom. The number of hydrogen-bond acceptors (Lipinski definition) is 7. The van der Waals surface area contributed by atoms with Gasteiger partial charge in [-0.15, -0.1) is 0 Å². The fourth-order valence-corrected chi connectivity index (χ4v) is 8.14. The van der Waals surface area contributed by atoms with E-state index in [1.54, 1.807) is 19.9 Å². The van der Waals surface area contributed by atoms with Gasteiger partial charge in [0.25, 0.3) is 10.0 Å². The Labute approximate surface area is 194 Å². The second-order valence-corrected chi connectivity index (χ2v) is 13.0. The summed E-state index contributed by atoms with van der Waals surface area (Å²) in [5, 5.41) is 0.